The second-order valence-corrected chi connectivity index (χ2v) is 1.44. The molecular formula is C5H8N2O2. The molecule has 0 saturated heterocycles. The van der Waals surface area contributed by atoms with E-state index in [9.17, 15) is 0 Å². The average molecular weight is 128 g/mol. The zero-order valence-corrected chi connectivity index (χ0v) is 5.15. The van der Waals surface area contributed by atoms with Crippen LogP contribution in [0.4, 0.5) is 0 Å². The van der Waals surface area contributed by atoms with Crippen LogP contribution in [0.5, 0.6) is 0 Å². The molecule has 0 aliphatic carbocycles. The molecule has 0 spiro atoms. The first-order valence-corrected chi connectivity index (χ1v) is 2.55. The maximum Gasteiger partial charge on any atom is 0.216 e. The molecule has 0 aliphatic rings. The third-order valence-corrected chi connectivity index (χ3v) is 0.783. The van der Waals surface area contributed by atoms with Crippen LogP contribution in [-0.2, 0) is 4.74 Å². The number of hydrogen-bond donors (Lipinski definition) is 0. The normalized spacial score (nSPS) is 9.44. The van der Waals surface area contributed by atoms with Gasteiger partial charge in [0.1, 0.15) is 0 Å². The molecule has 0 saturated carbocycles. The third kappa shape index (κ3) is 1.73. The van der Waals surface area contributed by atoms with Crippen LogP contribution in [0, 0.1) is 0 Å². The molecule has 0 atom stereocenters. The van der Waals surface area contributed by atoms with Crippen molar-refractivity contribution in [2.75, 3.05) is 13.9 Å². The summed E-state index contributed by atoms with van der Waals surface area (Å²) in [4.78, 5) is 6.22. The van der Waals surface area contributed by atoms with Crippen LogP contribution in [0.2, 0.25) is 0 Å². The Bertz CT molecular complexity index is 150. The van der Waals surface area contributed by atoms with Crippen molar-refractivity contribution >= 4 is 0 Å². The van der Waals surface area contributed by atoms with Gasteiger partial charge in [-0.3, -0.25) is 0 Å². The average Bonchev–Trinajstić information content (AvgIpc) is 2.34. The molecule has 9 heavy (non-hydrogen) atoms. The standard InChI is InChI=1S/C5H8N2O2/c1-8-5-9-7-4-2-3-6-7/h2-4H,5H2,1H3. The molecule has 1 heterocycles. The summed E-state index contributed by atoms with van der Waals surface area (Å²) in [5.41, 5.74) is 0. The van der Waals surface area contributed by atoms with Gasteiger partial charge in [0.05, 0.1) is 12.4 Å². The van der Waals surface area contributed by atoms with Gasteiger partial charge in [0.25, 0.3) is 0 Å². The molecule has 0 N–H and O–H groups in total. The molecule has 1 aromatic heterocycles. The largest absolute Gasteiger partial charge is 0.368 e. The molecule has 0 aromatic carbocycles. The number of ether oxygens (including phenoxy) is 1. The Hall–Kier alpha value is -1.03. The zero-order chi connectivity index (χ0) is 6.53. The molecule has 4 nitrogen and oxygen atoms in total. The number of methoxy groups -OCH3 is 1. The van der Waals surface area contributed by atoms with Crippen molar-refractivity contribution in [1.82, 2.24) is 9.94 Å². The van der Waals surface area contributed by atoms with Crippen LogP contribution in [0.25, 0.3) is 0 Å². The van der Waals surface area contributed by atoms with Gasteiger partial charge in [0.2, 0.25) is 6.79 Å². The van der Waals surface area contributed by atoms with Gasteiger partial charge in [0, 0.05) is 7.11 Å². The topological polar surface area (TPSA) is 36.3 Å². The predicted molar refractivity (Wildman–Crippen MR) is 30.7 cm³/mol. The fraction of sp³-hybridized carbons (Fsp3) is 0.400. The molecule has 0 amide bonds. The SMILES string of the molecule is COCOn1cccn1. The third-order valence-electron chi connectivity index (χ3n) is 0.783. The number of rotatable bonds is 3. The number of nitrogens with zero attached hydrogens (tertiary/aromatic N) is 2. The second kappa shape index (κ2) is 3.09. The van der Waals surface area contributed by atoms with Crippen LogP contribution < -0.4 is 4.84 Å². The summed E-state index contributed by atoms with van der Waals surface area (Å²) < 4.78 is 4.63. The monoisotopic (exact) mass is 128 g/mol. The Kier molecular flexibility index (Phi) is 2.09. The van der Waals surface area contributed by atoms with Crippen molar-refractivity contribution in [2.45, 2.75) is 0 Å². The van der Waals surface area contributed by atoms with E-state index in [0.29, 0.717) is 0 Å². The zero-order valence-electron chi connectivity index (χ0n) is 5.15. The van der Waals surface area contributed by atoms with Crippen molar-refractivity contribution < 1.29 is 9.57 Å². The maximum absolute atomic E-state index is 4.88. The molecule has 0 radical (unpaired) electrons. The minimum Gasteiger partial charge on any atom is -0.368 e. The van der Waals surface area contributed by atoms with E-state index in [1.165, 1.54) is 4.85 Å². The van der Waals surface area contributed by atoms with Crippen molar-refractivity contribution in [3.05, 3.63) is 18.5 Å². The Morgan fingerprint density at radius 3 is 3.11 bits per heavy atom. The van der Waals surface area contributed by atoms with Crippen LogP contribution >= 0.6 is 0 Å². The predicted octanol–water partition coefficient (Wildman–Crippen LogP) is -0.0844. The van der Waals surface area contributed by atoms with Crippen molar-refractivity contribution in [1.29, 1.82) is 0 Å². The lowest BCUT2D eigenvalue weighted by Gasteiger charge is -2.00. The highest BCUT2D eigenvalue weighted by molar-refractivity contribution is 4.74. The smallest absolute Gasteiger partial charge is 0.216 e. The second-order valence-electron chi connectivity index (χ2n) is 1.44. The fourth-order valence-corrected chi connectivity index (χ4v) is 0.438. The van der Waals surface area contributed by atoms with Crippen LogP contribution in [0.1, 0.15) is 0 Å². The van der Waals surface area contributed by atoms with E-state index in [1.54, 1.807) is 25.6 Å². The summed E-state index contributed by atoms with van der Waals surface area (Å²) in [6.45, 7) is 0.224. The van der Waals surface area contributed by atoms with Gasteiger partial charge in [-0.15, -0.1) is 9.94 Å². The fourth-order valence-electron chi connectivity index (χ4n) is 0.438. The van der Waals surface area contributed by atoms with Gasteiger partial charge < -0.3 is 9.57 Å². The highest BCUT2D eigenvalue weighted by Gasteiger charge is 1.84. The summed E-state index contributed by atoms with van der Waals surface area (Å²) >= 11 is 0. The van der Waals surface area contributed by atoms with Crippen molar-refractivity contribution in [3.8, 4) is 0 Å². The van der Waals surface area contributed by atoms with Gasteiger partial charge in [-0.1, -0.05) is 0 Å². The Morgan fingerprint density at radius 2 is 2.56 bits per heavy atom. The minimum absolute atomic E-state index is 0.224. The van der Waals surface area contributed by atoms with E-state index in [1.807, 2.05) is 0 Å². The van der Waals surface area contributed by atoms with Gasteiger partial charge >= 0.3 is 0 Å². The summed E-state index contributed by atoms with van der Waals surface area (Å²) in [6, 6.07) is 1.77. The van der Waals surface area contributed by atoms with Gasteiger partial charge in [-0.2, -0.15) is 0 Å². The molecule has 1 aromatic rings. The number of aromatic nitrogens is 2. The van der Waals surface area contributed by atoms with Crippen LogP contribution in [-0.4, -0.2) is 23.8 Å². The van der Waals surface area contributed by atoms with Crippen molar-refractivity contribution in [2.24, 2.45) is 0 Å². The summed E-state index contributed by atoms with van der Waals surface area (Å²) in [7, 11) is 1.56. The maximum atomic E-state index is 4.88. The summed E-state index contributed by atoms with van der Waals surface area (Å²) in [6.07, 6.45) is 3.33. The van der Waals surface area contributed by atoms with Crippen molar-refractivity contribution in [3.63, 3.8) is 0 Å². The van der Waals surface area contributed by atoms with Gasteiger partial charge in [0.15, 0.2) is 0 Å². The van der Waals surface area contributed by atoms with E-state index in [4.69, 9.17) is 4.84 Å². The molecule has 0 unspecified atom stereocenters. The molecular weight excluding hydrogens is 120 g/mol. The van der Waals surface area contributed by atoms with E-state index >= 15 is 0 Å². The van der Waals surface area contributed by atoms with E-state index in [-0.39, 0.29) is 6.79 Å². The first-order chi connectivity index (χ1) is 4.43. The first kappa shape index (κ1) is 6.10. The first-order valence-electron chi connectivity index (χ1n) is 2.55. The van der Waals surface area contributed by atoms with Gasteiger partial charge in [-0.05, 0) is 6.07 Å². The molecule has 0 aliphatic heterocycles. The lowest BCUT2D eigenvalue weighted by Crippen LogP contribution is -2.13. The van der Waals surface area contributed by atoms with E-state index in [0.717, 1.165) is 0 Å². The Labute approximate surface area is 52.9 Å². The Balaban J connectivity index is 2.30. The minimum atomic E-state index is 0.224. The van der Waals surface area contributed by atoms with E-state index < -0.39 is 0 Å². The molecule has 0 bridgehead atoms. The molecule has 0 fully saturated rings. The molecule has 50 valence electrons. The highest BCUT2D eigenvalue weighted by atomic mass is 16.8. The summed E-state index contributed by atoms with van der Waals surface area (Å²) in [5, 5.41) is 3.77. The lowest BCUT2D eigenvalue weighted by molar-refractivity contribution is -0.0513. The van der Waals surface area contributed by atoms with E-state index in [2.05, 4.69) is 9.84 Å². The highest BCUT2D eigenvalue weighted by Crippen LogP contribution is 1.77. The molecule has 4 heteroatoms. The van der Waals surface area contributed by atoms with Crippen LogP contribution in [0.3, 0.4) is 0 Å². The number of hydrogen-bond acceptors (Lipinski definition) is 3. The lowest BCUT2D eigenvalue weighted by atomic mass is 10.8. The van der Waals surface area contributed by atoms with Gasteiger partial charge in [-0.25, -0.2) is 0 Å². The molecule has 1 rings (SSSR count). The Morgan fingerprint density at radius 1 is 1.67 bits per heavy atom. The summed E-state index contributed by atoms with van der Waals surface area (Å²) in [5.74, 6) is 0. The van der Waals surface area contributed by atoms with Crippen LogP contribution in [0.15, 0.2) is 18.5 Å². The quantitative estimate of drug-likeness (QED) is 0.534.